The molecule has 2 saturated heterocycles. The molecule has 0 spiro atoms. The van der Waals surface area contributed by atoms with Gasteiger partial charge in [-0.1, -0.05) is 6.07 Å². The number of nitrogens with zero attached hydrogens (tertiary/aromatic N) is 2. The van der Waals surface area contributed by atoms with E-state index >= 15 is 0 Å². The number of rotatable bonds is 4. The molecule has 29 heavy (non-hydrogen) atoms. The summed E-state index contributed by atoms with van der Waals surface area (Å²) >= 11 is 0. The summed E-state index contributed by atoms with van der Waals surface area (Å²) < 4.78 is 0. The van der Waals surface area contributed by atoms with Gasteiger partial charge in [0.05, 0.1) is 11.1 Å². The van der Waals surface area contributed by atoms with E-state index in [1.54, 1.807) is 12.1 Å². The van der Waals surface area contributed by atoms with Crippen molar-refractivity contribution in [3.8, 4) is 0 Å². The van der Waals surface area contributed by atoms with Gasteiger partial charge in [-0.25, -0.2) is 0 Å². The van der Waals surface area contributed by atoms with Gasteiger partial charge in [0.2, 0.25) is 11.8 Å². The second-order valence-electron chi connectivity index (χ2n) is 8.64. The zero-order valence-corrected chi connectivity index (χ0v) is 16.1. The number of amides is 4. The second kappa shape index (κ2) is 6.74. The zero-order chi connectivity index (χ0) is 20.3. The van der Waals surface area contributed by atoms with Gasteiger partial charge in [0, 0.05) is 25.6 Å². The predicted octanol–water partition coefficient (Wildman–Crippen LogP) is 0.257. The highest BCUT2D eigenvalue weighted by Crippen LogP contribution is 2.42. The third-order valence-corrected chi connectivity index (χ3v) is 6.99. The Bertz CT molecular complexity index is 929. The van der Waals surface area contributed by atoms with Crippen LogP contribution >= 0.6 is 0 Å². The molecule has 3 aliphatic heterocycles. The molecule has 4 atom stereocenters. The van der Waals surface area contributed by atoms with Crippen LogP contribution in [0.2, 0.25) is 0 Å². The number of hydrogen-bond acceptors (Lipinski definition) is 6. The smallest absolute Gasteiger partial charge is 0.262 e. The van der Waals surface area contributed by atoms with Crippen LogP contribution in [0.3, 0.4) is 0 Å². The summed E-state index contributed by atoms with van der Waals surface area (Å²) in [6, 6.07) is 4.98. The summed E-state index contributed by atoms with van der Waals surface area (Å²) in [5.74, 6) is -0.590. The molecule has 1 aromatic carbocycles. The molecule has 0 aromatic heterocycles. The summed E-state index contributed by atoms with van der Waals surface area (Å²) in [7, 11) is 0. The molecule has 4 aliphatic rings. The van der Waals surface area contributed by atoms with Crippen molar-refractivity contribution in [2.75, 3.05) is 13.1 Å². The van der Waals surface area contributed by atoms with E-state index < -0.39 is 23.8 Å². The molecular weight excluding hydrogens is 372 g/mol. The minimum Gasteiger partial charge on any atom is -0.330 e. The molecule has 1 saturated carbocycles. The van der Waals surface area contributed by atoms with Crippen LogP contribution < -0.4 is 11.1 Å². The highest BCUT2D eigenvalue weighted by atomic mass is 16.2. The Morgan fingerprint density at radius 3 is 2.55 bits per heavy atom. The first-order chi connectivity index (χ1) is 14.0. The lowest BCUT2D eigenvalue weighted by Crippen LogP contribution is -2.54. The van der Waals surface area contributed by atoms with Crippen LogP contribution in [-0.2, 0) is 16.1 Å². The van der Waals surface area contributed by atoms with Crippen molar-refractivity contribution >= 4 is 23.6 Å². The molecule has 8 heteroatoms. The molecule has 152 valence electrons. The SMILES string of the molecule is NC[C@@H]1C[C@@H]2C[C@H]1CN2Cc1ccc2c(c1)C(=O)N(C1CCC(=O)NC1=O)C2=O. The first-order valence-electron chi connectivity index (χ1n) is 10.2. The molecule has 3 fully saturated rings. The minimum absolute atomic E-state index is 0.121. The summed E-state index contributed by atoms with van der Waals surface area (Å²) in [4.78, 5) is 52.7. The van der Waals surface area contributed by atoms with E-state index in [1.807, 2.05) is 6.07 Å². The van der Waals surface area contributed by atoms with Crippen molar-refractivity contribution in [2.45, 2.75) is 44.3 Å². The van der Waals surface area contributed by atoms with Crippen LogP contribution in [0.4, 0.5) is 0 Å². The van der Waals surface area contributed by atoms with Gasteiger partial charge >= 0.3 is 0 Å². The van der Waals surface area contributed by atoms with E-state index in [9.17, 15) is 19.2 Å². The van der Waals surface area contributed by atoms with Crippen LogP contribution in [0, 0.1) is 11.8 Å². The van der Waals surface area contributed by atoms with Gasteiger partial charge in [0.25, 0.3) is 11.8 Å². The van der Waals surface area contributed by atoms with Crippen LogP contribution in [0.5, 0.6) is 0 Å². The average Bonchev–Trinajstić information content (AvgIpc) is 3.35. The van der Waals surface area contributed by atoms with Crippen molar-refractivity contribution in [2.24, 2.45) is 17.6 Å². The summed E-state index contributed by atoms with van der Waals surface area (Å²) in [6.45, 7) is 2.52. The Morgan fingerprint density at radius 2 is 1.86 bits per heavy atom. The van der Waals surface area contributed by atoms with Gasteiger partial charge in [0.15, 0.2) is 0 Å². The van der Waals surface area contributed by atoms with E-state index in [0.29, 0.717) is 29.0 Å². The number of likely N-dealkylation sites (tertiary alicyclic amines) is 1. The van der Waals surface area contributed by atoms with Crippen LogP contribution in [0.25, 0.3) is 0 Å². The van der Waals surface area contributed by atoms with Gasteiger partial charge in [-0.2, -0.15) is 0 Å². The monoisotopic (exact) mass is 396 g/mol. The number of carbonyl (C=O) groups excluding carboxylic acids is 4. The van der Waals surface area contributed by atoms with Crippen molar-refractivity contribution in [3.05, 3.63) is 34.9 Å². The van der Waals surface area contributed by atoms with E-state index in [2.05, 4.69) is 10.2 Å². The van der Waals surface area contributed by atoms with Crippen molar-refractivity contribution in [1.82, 2.24) is 15.1 Å². The highest BCUT2D eigenvalue weighted by Gasteiger charge is 2.46. The van der Waals surface area contributed by atoms with Crippen LogP contribution in [0.1, 0.15) is 52.0 Å². The zero-order valence-electron chi connectivity index (χ0n) is 16.1. The molecule has 3 N–H and O–H groups in total. The van der Waals surface area contributed by atoms with Gasteiger partial charge in [-0.3, -0.25) is 34.3 Å². The molecular formula is C21H24N4O4. The normalized spacial score (nSPS) is 31.6. The van der Waals surface area contributed by atoms with Gasteiger partial charge < -0.3 is 5.73 Å². The molecule has 1 aromatic rings. The number of benzene rings is 1. The van der Waals surface area contributed by atoms with Crippen molar-refractivity contribution < 1.29 is 19.2 Å². The summed E-state index contributed by atoms with van der Waals surface area (Å²) in [5, 5.41) is 2.22. The molecule has 0 radical (unpaired) electrons. The molecule has 2 bridgehead atoms. The van der Waals surface area contributed by atoms with Crippen molar-refractivity contribution in [1.29, 1.82) is 0 Å². The van der Waals surface area contributed by atoms with E-state index in [0.717, 1.165) is 36.5 Å². The molecule has 8 nitrogen and oxygen atoms in total. The highest BCUT2D eigenvalue weighted by molar-refractivity contribution is 6.23. The fourth-order valence-electron chi connectivity index (χ4n) is 5.49. The fourth-order valence-corrected chi connectivity index (χ4v) is 5.49. The summed E-state index contributed by atoms with van der Waals surface area (Å²) in [6.07, 6.45) is 2.61. The summed E-state index contributed by atoms with van der Waals surface area (Å²) in [5.41, 5.74) is 7.53. The van der Waals surface area contributed by atoms with E-state index in [-0.39, 0.29) is 18.7 Å². The topological polar surface area (TPSA) is 113 Å². The maximum Gasteiger partial charge on any atom is 0.262 e. The Hall–Kier alpha value is -2.58. The third kappa shape index (κ3) is 2.89. The number of imide groups is 2. The quantitative estimate of drug-likeness (QED) is 0.706. The lowest BCUT2D eigenvalue weighted by atomic mass is 9.94. The number of fused-ring (bicyclic) bond motifs is 3. The Kier molecular flexibility index (Phi) is 4.29. The largest absolute Gasteiger partial charge is 0.330 e. The Labute approximate surface area is 168 Å². The number of nitrogens with one attached hydrogen (secondary N) is 1. The third-order valence-electron chi connectivity index (χ3n) is 6.99. The molecule has 3 heterocycles. The Balaban J connectivity index is 1.34. The average molecular weight is 396 g/mol. The van der Waals surface area contributed by atoms with Gasteiger partial charge in [-0.05, 0) is 55.3 Å². The van der Waals surface area contributed by atoms with E-state index in [1.165, 1.54) is 6.42 Å². The standard InChI is InChI=1S/C21H24N4O4/c22-8-12-6-14-7-13(12)10-24(14)9-11-1-2-15-16(5-11)21(29)25(20(15)28)17-3-4-18(26)23-19(17)27/h1-2,5,12-14,17H,3-4,6-10,22H2,(H,23,26,27)/t12-,13-,14+,17?/m0/s1. The lowest BCUT2D eigenvalue weighted by Gasteiger charge is -2.31. The number of nitrogens with two attached hydrogens (primary N) is 1. The second-order valence-corrected chi connectivity index (χ2v) is 8.64. The minimum atomic E-state index is -0.925. The maximum atomic E-state index is 12.9. The molecule has 1 aliphatic carbocycles. The first-order valence-corrected chi connectivity index (χ1v) is 10.2. The lowest BCUT2D eigenvalue weighted by molar-refractivity contribution is -0.136. The first kappa shape index (κ1) is 18.4. The molecule has 4 amide bonds. The predicted molar refractivity (Wildman–Crippen MR) is 103 cm³/mol. The maximum absolute atomic E-state index is 12.9. The Morgan fingerprint density at radius 1 is 1.07 bits per heavy atom. The van der Waals surface area contributed by atoms with E-state index in [4.69, 9.17) is 5.73 Å². The number of carbonyl (C=O) groups is 4. The fraction of sp³-hybridized carbons (Fsp3) is 0.524. The molecule has 5 rings (SSSR count). The number of hydrogen-bond donors (Lipinski definition) is 2. The van der Waals surface area contributed by atoms with Crippen LogP contribution in [0.15, 0.2) is 18.2 Å². The van der Waals surface area contributed by atoms with Gasteiger partial charge in [-0.15, -0.1) is 0 Å². The van der Waals surface area contributed by atoms with Gasteiger partial charge in [0.1, 0.15) is 6.04 Å². The molecule has 1 unspecified atom stereocenters. The number of piperidine rings is 2. The van der Waals surface area contributed by atoms with Crippen LogP contribution in [-0.4, -0.2) is 58.6 Å². The van der Waals surface area contributed by atoms with Crippen molar-refractivity contribution in [3.63, 3.8) is 0 Å².